The number of nitrogens with zero attached hydrogens (tertiary/aromatic N) is 6. The van der Waals surface area contributed by atoms with Crippen molar-refractivity contribution in [3.8, 4) is 11.4 Å². The summed E-state index contributed by atoms with van der Waals surface area (Å²) in [4.78, 5) is 24.4. The van der Waals surface area contributed by atoms with Crippen LogP contribution in [0.1, 0.15) is 17.7 Å². The highest BCUT2D eigenvalue weighted by Gasteiger charge is 2.13. The van der Waals surface area contributed by atoms with E-state index in [9.17, 15) is 4.79 Å². The minimum absolute atomic E-state index is 0.110. The molecule has 1 aliphatic rings. The standard InChI is InChI=1S/C21H23N7O/c1-14-10-18(25-28-12-15(2)23-21(14)28)17-11-20(29)27-13-16(4-5-19(27)24-17)26-8-3-6-22-7-9-26/h4-5,10-13,22H,3,6-9H2,1-2H3. The van der Waals surface area contributed by atoms with Gasteiger partial charge in [0.15, 0.2) is 5.65 Å². The van der Waals surface area contributed by atoms with Gasteiger partial charge in [0.25, 0.3) is 5.56 Å². The Kier molecular flexibility index (Phi) is 4.28. The molecular weight excluding hydrogens is 366 g/mol. The molecule has 5 heterocycles. The highest BCUT2D eigenvalue weighted by molar-refractivity contribution is 5.62. The molecule has 0 atom stereocenters. The third-order valence-corrected chi connectivity index (χ3v) is 5.34. The predicted molar refractivity (Wildman–Crippen MR) is 113 cm³/mol. The van der Waals surface area contributed by atoms with E-state index in [2.05, 4.69) is 20.3 Å². The van der Waals surface area contributed by atoms with Gasteiger partial charge in [0.05, 0.1) is 23.3 Å². The van der Waals surface area contributed by atoms with Crippen LogP contribution in [0.3, 0.4) is 0 Å². The molecule has 8 heteroatoms. The molecule has 1 N–H and O–H groups in total. The van der Waals surface area contributed by atoms with E-state index in [4.69, 9.17) is 4.98 Å². The maximum atomic E-state index is 12.9. The number of anilines is 1. The van der Waals surface area contributed by atoms with Gasteiger partial charge in [0.2, 0.25) is 0 Å². The number of fused-ring (bicyclic) bond motifs is 2. The Hall–Kier alpha value is -3.26. The molecule has 5 rings (SSSR count). The number of nitrogens with one attached hydrogen (secondary N) is 1. The molecule has 0 radical (unpaired) electrons. The van der Waals surface area contributed by atoms with Crippen LogP contribution >= 0.6 is 0 Å². The second-order valence-electron chi connectivity index (χ2n) is 7.55. The van der Waals surface area contributed by atoms with Crippen molar-refractivity contribution >= 4 is 17.0 Å². The number of imidazole rings is 1. The second kappa shape index (κ2) is 6.97. The molecular formula is C21H23N7O. The van der Waals surface area contributed by atoms with Crippen molar-refractivity contribution in [3.05, 3.63) is 58.3 Å². The number of aryl methyl sites for hydroxylation is 2. The third-order valence-electron chi connectivity index (χ3n) is 5.34. The Morgan fingerprint density at radius 3 is 2.79 bits per heavy atom. The first-order valence-electron chi connectivity index (χ1n) is 9.92. The van der Waals surface area contributed by atoms with E-state index in [1.807, 2.05) is 44.4 Å². The van der Waals surface area contributed by atoms with E-state index in [-0.39, 0.29) is 5.56 Å². The molecule has 8 nitrogen and oxygen atoms in total. The summed E-state index contributed by atoms with van der Waals surface area (Å²) in [5.41, 5.74) is 5.50. The molecule has 0 spiro atoms. The molecule has 0 amide bonds. The summed E-state index contributed by atoms with van der Waals surface area (Å²) in [5.74, 6) is 0. The van der Waals surface area contributed by atoms with Gasteiger partial charge in [0, 0.05) is 31.9 Å². The first-order valence-corrected chi connectivity index (χ1v) is 9.92. The zero-order valence-corrected chi connectivity index (χ0v) is 16.6. The van der Waals surface area contributed by atoms with Crippen LogP contribution < -0.4 is 15.8 Å². The van der Waals surface area contributed by atoms with Crippen LogP contribution in [0.2, 0.25) is 0 Å². The summed E-state index contributed by atoms with van der Waals surface area (Å²) in [6, 6.07) is 7.43. The summed E-state index contributed by atoms with van der Waals surface area (Å²) in [6.07, 6.45) is 4.86. The molecule has 4 aromatic rings. The van der Waals surface area contributed by atoms with Crippen molar-refractivity contribution in [2.75, 3.05) is 31.1 Å². The van der Waals surface area contributed by atoms with Crippen molar-refractivity contribution in [1.29, 1.82) is 0 Å². The molecule has 0 aliphatic carbocycles. The number of pyridine rings is 1. The fourth-order valence-electron chi connectivity index (χ4n) is 3.88. The van der Waals surface area contributed by atoms with Crippen LogP contribution in [0.15, 0.2) is 41.5 Å². The molecule has 1 aliphatic heterocycles. The predicted octanol–water partition coefficient (Wildman–Crippen LogP) is 1.82. The van der Waals surface area contributed by atoms with Crippen molar-refractivity contribution < 1.29 is 0 Å². The lowest BCUT2D eigenvalue weighted by atomic mass is 10.2. The molecule has 0 bridgehead atoms. The fraction of sp³-hybridized carbons (Fsp3) is 0.333. The van der Waals surface area contributed by atoms with E-state index in [0.29, 0.717) is 17.0 Å². The normalized spacial score (nSPS) is 15.2. The van der Waals surface area contributed by atoms with Gasteiger partial charge < -0.3 is 10.2 Å². The monoisotopic (exact) mass is 389 g/mol. The third kappa shape index (κ3) is 3.25. The molecule has 0 aromatic carbocycles. The average Bonchev–Trinajstić information content (AvgIpc) is 2.90. The van der Waals surface area contributed by atoms with Gasteiger partial charge in [-0.3, -0.25) is 9.20 Å². The van der Waals surface area contributed by atoms with Gasteiger partial charge >= 0.3 is 0 Å². The molecule has 0 unspecified atom stereocenters. The highest BCUT2D eigenvalue weighted by Crippen LogP contribution is 2.20. The Morgan fingerprint density at radius 2 is 1.90 bits per heavy atom. The van der Waals surface area contributed by atoms with Crippen molar-refractivity contribution in [2.45, 2.75) is 20.3 Å². The first-order chi connectivity index (χ1) is 14.1. The summed E-state index contributed by atoms with van der Waals surface area (Å²) in [5, 5.41) is 8.01. The van der Waals surface area contributed by atoms with E-state index in [1.54, 1.807) is 15.0 Å². The van der Waals surface area contributed by atoms with E-state index < -0.39 is 0 Å². The Balaban J connectivity index is 1.58. The number of rotatable bonds is 2. The molecule has 0 saturated carbocycles. The van der Waals surface area contributed by atoms with Crippen molar-refractivity contribution in [2.24, 2.45) is 0 Å². The zero-order chi connectivity index (χ0) is 20.0. The van der Waals surface area contributed by atoms with Gasteiger partial charge in [-0.1, -0.05) is 0 Å². The lowest BCUT2D eigenvalue weighted by Gasteiger charge is -2.22. The Morgan fingerprint density at radius 1 is 1.00 bits per heavy atom. The maximum Gasteiger partial charge on any atom is 0.258 e. The zero-order valence-electron chi connectivity index (χ0n) is 16.6. The average molecular weight is 389 g/mol. The molecule has 1 saturated heterocycles. The first kappa shape index (κ1) is 17.8. The largest absolute Gasteiger partial charge is 0.369 e. The fourth-order valence-corrected chi connectivity index (χ4v) is 3.88. The minimum atomic E-state index is -0.110. The van der Waals surface area contributed by atoms with Crippen LogP contribution in [0.4, 0.5) is 5.69 Å². The Bertz CT molecular complexity index is 1270. The van der Waals surface area contributed by atoms with Crippen molar-refractivity contribution in [3.63, 3.8) is 0 Å². The van der Waals surface area contributed by atoms with Gasteiger partial charge in [-0.2, -0.15) is 5.10 Å². The Labute approximate surface area is 167 Å². The minimum Gasteiger partial charge on any atom is -0.369 e. The highest BCUT2D eigenvalue weighted by atomic mass is 16.1. The lowest BCUT2D eigenvalue weighted by Crippen LogP contribution is -2.28. The van der Waals surface area contributed by atoms with Gasteiger partial charge in [-0.15, -0.1) is 0 Å². The molecule has 1 fully saturated rings. The summed E-state index contributed by atoms with van der Waals surface area (Å²) in [7, 11) is 0. The van der Waals surface area contributed by atoms with Crippen LogP contribution in [0.25, 0.3) is 22.7 Å². The van der Waals surface area contributed by atoms with Gasteiger partial charge in [0.1, 0.15) is 11.3 Å². The molecule has 4 aromatic heterocycles. The molecule has 29 heavy (non-hydrogen) atoms. The number of aromatic nitrogens is 5. The van der Waals surface area contributed by atoms with E-state index >= 15 is 0 Å². The maximum absolute atomic E-state index is 12.9. The van der Waals surface area contributed by atoms with Crippen LogP contribution in [-0.4, -0.2) is 50.2 Å². The van der Waals surface area contributed by atoms with Crippen LogP contribution in [-0.2, 0) is 0 Å². The lowest BCUT2D eigenvalue weighted by molar-refractivity contribution is 0.724. The summed E-state index contributed by atoms with van der Waals surface area (Å²) in [6.45, 7) is 7.81. The number of hydrogen-bond acceptors (Lipinski definition) is 6. The van der Waals surface area contributed by atoms with Gasteiger partial charge in [-0.05, 0) is 50.6 Å². The van der Waals surface area contributed by atoms with Gasteiger partial charge in [-0.25, -0.2) is 14.5 Å². The number of hydrogen-bond donors (Lipinski definition) is 1. The molecule has 148 valence electrons. The van der Waals surface area contributed by atoms with E-state index in [1.165, 1.54) is 0 Å². The van der Waals surface area contributed by atoms with Crippen LogP contribution in [0, 0.1) is 13.8 Å². The topological polar surface area (TPSA) is 79.8 Å². The quantitative estimate of drug-likeness (QED) is 0.563. The summed E-state index contributed by atoms with van der Waals surface area (Å²) >= 11 is 0. The van der Waals surface area contributed by atoms with E-state index in [0.717, 1.165) is 55.2 Å². The smallest absolute Gasteiger partial charge is 0.258 e. The SMILES string of the molecule is Cc1cn2nc(-c3cc(=O)n4cc(N5CCCNCC5)ccc4n3)cc(C)c2n1. The van der Waals surface area contributed by atoms with Crippen molar-refractivity contribution in [1.82, 2.24) is 29.3 Å². The van der Waals surface area contributed by atoms with Crippen LogP contribution in [0.5, 0.6) is 0 Å². The summed E-state index contributed by atoms with van der Waals surface area (Å²) < 4.78 is 3.36. The second-order valence-corrected chi connectivity index (χ2v) is 7.55.